The van der Waals surface area contributed by atoms with Crippen molar-refractivity contribution in [3.8, 4) is 17.2 Å². The SMILES string of the molecule is COc1ccc(OC)c(NC(=O)C[C@@H]2SC(=Nc3ccccc3OC)NC2=O)c1. The monoisotopic (exact) mass is 415 g/mol. The first-order chi connectivity index (χ1) is 14.0. The summed E-state index contributed by atoms with van der Waals surface area (Å²) in [5.74, 6) is 1.10. The minimum Gasteiger partial charge on any atom is -0.497 e. The summed E-state index contributed by atoms with van der Waals surface area (Å²) in [5, 5.41) is 5.32. The van der Waals surface area contributed by atoms with Crippen LogP contribution in [0.1, 0.15) is 6.42 Å². The second kappa shape index (κ2) is 9.33. The van der Waals surface area contributed by atoms with Crippen LogP contribution in [0.25, 0.3) is 0 Å². The number of hydrogen-bond acceptors (Lipinski definition) is 7. The van der Waals surface area contributed by atoms with Crippen LogP contribution >= 0.6 is 11.8 Å². The quantitative estimate of drug-likeness (QED) is 0.722. The normalized spacial score (nSPS) is 17.0. The number of para-hydroxylation sites is 2. The fraction of sp³-hybridized carbons (Fsp3) is 0.250. The second-order valence-electron chi connectivity index (χ2n) is 6.00. The Kier molecular flexibility index (Phi) is 6.61. The fourth-order valence-corrected chi connectivity index (χ4v) is 3.69. The number of amidine groups is 1. The van der Waals surface area contributed by atoms with Crippen LogP contribution in [0.15, 0.2) is 47.5 Å². The number of hydrogen-bond donors (Lipinski definition) is 2. The maximum absolute atomic E-state index is 12.5. The van der Waals surface area contributed by atoms with Gasteiger partial charge in [0.25, 0.3) is 0 Å². The number of methoxy groups -OCH3 is 3. The summed E-state index contributed by atoms with van der Waals surface area (Å²) in [6, 6.07) is 12.3. The molecule has 152 valence electrons. The molecule has 0 radical (unpaired) electrons. The molecule has 0 bridgehead atoms. The molecule has 29 heavy (non-hydrogen) atoms. The molecule has 0 saturated carbocycles. The maximum Gasteiger partial charge on any atom is 0.240 e. The molecule has 2 aromatic carbocycles. The molecule has 1 aliphatic heterocycles. The van der Waals surface area contributed by atoms with E-state index in [2.05, 4.69) is 15.6 Å². The average Bonchev–Trinajstić information content (AvgIpc) is 3.06. The van der Waals surface area contributed by atoms with E-state index in [1.807, 2.05) is 12.1 Å². The number of nitrogens with zero attached hydrogens (tertiary/aromatic N) is 1. The van der Waals surface area contributed by atoms with E-state index in [1.54, 1.807) is 37.4 Å². The Morgan fingerprint density at radius 2 is 1.86 bits per heavy atom. The van der Waals surface area contributed by atoms with Gasteiger partial charge in [0.15, 0.2) is 5.17 Å². The van der Waals surface area contributed by atoms with Crippen LogP contribution in [0.4, 0.5) is 11.4 Å². The number of rotatable bonds is 7. The Labute approximate surface area is 172 Å². The van der Waals surface area contributed by atoms with Crippen LogP contribution in [-0.2, 0) is 9.59 Å². The molecule has 9 heteroatoms. The molecule has 0 aromatic heterocycles. The molecule has 2 aromatic rings. The summed E-state index contributed by atoms with van der Waals surface area (Å²) in [6.45, 7) is 0. The van der Waals surface area contributed by atoms with Crippen molar-refractivity contribution in [2.45, 2.75) is 11.7 Å². The summed E-state index contributed by atoms with van der Waals surface area (Å²) < 4.78 is 15.7. The maximum atomic E-state index is 12.5. The zero-order valence-electron chi connectivity index (χ0n) is 16.2. The van der Waals surface area contributed by atoms with Crippen molar-refractivity contribution in [2.75, 3.05) is 26.6 Å². The lowest BCUT2D eigenvalue weighted by atomic mass is 10.2. The topological polar surface area (TPSA) is 98.2 Å². The van der Waals surface area contributed by atoms with E-state index in [0.29, 0.717) is 33.8 Å². The number of carbonyl (C=O) groups is 2. The summed E-state index contributed by atoms with van der Waals surface area (Å²) in [6.07, 6.45) is -0.0121. The Morgan fingerprint density at radius 1 is 1.10 bits per heavy atom. The Bertz CT molecular complexity index is 947. The lowest BCUT2D eigenvalue weighted by Gasteiger charge is -2.12. The molecule has 1 fully saturated rings. The Morgan fingerprint density at radius 3 is 2.59 bits per heavy atom. The first kappa shape index (κ1) is 20.5. The van der Waals surface area contributed by atoms with E-state index in [4.69, 9.17) is 14.2 Å². The highest BCUT2D eigenvalue weighted by atomic mass is 32.2. The van der Waals surface area contributed by atoms with Gasteiger partial charge in [0.05, 0.1) is 27.0 Å². The highest BCUT2D eigenvalue weighted by Gasteiger charge is 2.32. The Hall–Kier alpha value is -3.20. The summed E-state index contributed by atoms with van der Waals surface area (Å²) in [4.78, 5) is 29.2. The summed E-state index contributed by atoms with van der Waals surface area (Å²) >= 11 is 1.21. The largest absolute Gasteiger partial charge is 0.497 e. The molecule has 2 amide bonds. The molecule has 0 unspecified atom stereocenters. The highest BCUT2D eigenvalue weighted by molar-refractivity contribution is 8.15. The number of benzene rings is 2. The molecule has 1 heterocycles. The van der Waals surface area contributed by atoms with Gasteiger partial charge in [0, 0.05) is 12.5 Å². The summed E-state index contributed by atoms with van der Waals surface area (Å²) in [5.41, 5.74) is 1.08. The van der Waals surface area contributed by atoms with E-state index in [-0.39, 0.29) is 18.2 Å². The van der Waals surface area contributed by atoms with Crippen LogP contribution in [-0.4, -0.2) is 43.6 Å². The van der Waals surface area contributed by atoms with Gasteiger partial charge in [-0.3, -0.25) is 9.59 Å². The fourth-order valence-electron chi connectivity index (χ4n) is 2.71. The molecule has 8 nitrogen and oxygen atoms in total. The van der Waals surface area contributed by atoms with E-state index in [1.165, 1.54) is 26.0 Å². The molecule has 2 N–H and O–H groups in total. The lowest BCUT2D eigenvalue weighted by molar-refractivity contribution is -0.122. The van der Waals surface area contributed by atoms with Crippen LogP contribution in [0.2, 0.25) is 0 Å². The van der Waals surface area contributed by atoms with E-state index in [0.717, 1.165) is 0 Å². The number of nitrogens with one attached hydrogen (secondary N) is 2. The minimum atomic E-state index is -0.583. The number of aliphatic imine (C=N–C) groups is 1. The van der Waals surface area contributed by atoms with Crippen molar-refractivity contribution in [1.82, 2.24) is 5.32 Å². The van der Waals surface area contributed by atoms with Gasteiger partial charge in [0.1, 0.15) is 28.2 Å². The van der Waals surface area contributed by atoms with Crippen molar-refractivity contribution < 1.29 is 23.8 Å². The lowest BCUT2D eigenvalue weighted by Crippen LogP contribution is -2.28. The van der Waals surface area contributed by atoms with Crippen LogP contribution < -0.4 is 24.8 Å². The molecule has 3 rings (SSSR count). The number of carbonyl (C=O) groups excluding carboxylic acids is 2. The van der Waals surface area contributed by atoms with Gasteiger partial charge < -0.3 is 24.8 Å². The summed E-state index contributed by atoms with van der Waals surface area (Å²) in [7, 11) is 4.60. The van der Waals surface area contributed by atoms with Gasteiger partial charge in [-0.1, -0.05) is 23.9 Å². The number of thioether (sulfide) groups is 1. The van der Waals surface area contributed by atoms with E-state index < -0.39 is 5.25 Å². The van der Waals surface area contributed by atoms with Gasteiger partial charge in [-0.15, -0.1) is 0 Å². The van der Waals surface area contributed by atoms with Crippen LogP contribution in [0.5, 0.6) is 17.2 Å². The molecular weight excluding hydrogens is 394 g/mol. The first-order valence-electron chi connectivity index (χ1n) is 8.75. The van der Waals surface area contributed by atoms with Gasteiger partial charge in [0.2, 0.25) is 11.8 Å². The van der Waals surface area contributed by atoms with Gasteiger partial charge in [-0.05, 0) is 24.3 Å². The minimum absolute atomic E-state index is 0.0121. The van der Waals surface area contributed by atoms with Crippen LogP contribution in [0.3, 0.4) is 0 Å². The third-order valence-electron chi connectivity index (χ3n) is 4.14. The zero-order chi connectivity index (χ0) is 20.8. The third-order valence-corrected chi connectivity index (χ3v) is 5.22. The van der Waals surface area contributed by atoms with Crippen molar-refractivity contribution in [3.05, 3.63) is 42.5 Å². The van der Waals surface area contributed by atoms with Crippen LogP contribution in [0, 0.1) is 0 Å². The first-order valence-corrected chi connectivity index (χ1v) is 9.63. The van der Waals surface area contributed by atoms with Crippen molar-refractivity contribution in [1.29, 1.82) is 0 Å². The third kappa shape index (κ3) is 5.00. The van der Waals surface area contributed by atoms with Crippen molar-refractivity contribution in [2.24, 2.45) is 4.99 Å². The van der Waals surface area contributed by atoms with E-state index >= 15 is 0 Å². The molecule has 0 aliphatic carbocycles. The highest BCUT2D eigenvalue weighted by Crippen LogP contribution is 2.32. The molecule has 0 spiro atoms. The molecule has 1 saturated heterocycles. The molecule has 1 atom stereocenters. The van der Waals surface area contributed by atoms with Crippen molar-refractivity contribution >= 4 is 40.1 Å². The average molecular weight is 415 g/mol. The smallest absolute Gasteiger partial charge is 0.240 e. The number of amides is 2. The number of ether oxygens (including phenoxy) is 3. The van der Waals surface area contributed by atoms with Crippen molar-refractivity contribution in [3.63, 3.8) is 0 Å². The predicted molar refractivity (Wildman–Crippen MR) is 112 cm³/mol. The van der Waals surface area contributed by atoms with Gasteiger partial charge in [-0.2, -0.15) is 0 Å². The Balaban J connectivity index is 1.67. The van der Waals surface area contributed by atoms with E-state index in [9.17, 15) is 9.59 Å². The zero-order valence-corrected chi connectivity index (χ0v) is 17.0. The predicted octanol–water partition coefficient (Wildman–Crippen LogP) is 2.96. The molecule has 1 aliphatic rings. The van der Waals surface area contributed by atoms with Gasteiger partial charge >= 0.3 is 0 Å². The number of anilines is 1. The molecular formula is C20H21N3O5S. The second-order valence-corrected chi connectivity index (χ2v) is 7.19. The standard InChI is InChI=1S/C20H21N3O5S/c1-26-12-8-9-16(28-3)14(10-12)21-18(24)11-17-19(25)23-20(29-17)22-13-6-4-5-7-15(13)27-2/h4-10,17H,11H2,1-3H3,(H,21,24)(H,22,23,25)/t17-/m0/s1. The van der Waals surface area contributed by atoms with Gasteiger partial charge in [-0.25, -0.2) is 4.99 Å².